The fourth-order valence-electron chi connectivity index (χ4n) is 3.03. The van der Waals surface area contributed by atoms with Crippen LogP contribution >= 0.6 is 24.0 Å². The summed E-state index contributed by atoms with van der Waals surface area (Å²) in [7, 11) is 1.75. The van der Waals surface area contributed by atoms with Gasteiger partial charge in [0.25, 0.3) is 0 Å². The van der Waals surface area contributed by atoms with E-state index in [0.717, 1.165) is 31.4 Å². The van der Waals surface area contributed by atoms with Crippen molar-refractivity contribution in [2.75, 3.05) is 33.2 Å². The minimum atomic E-state index is -0.182. The maximum atomic E-state index is 13.6. The first-order valence-corrected chi connectivity index (χ1v) is 8.63. The Bertz CT molecular complexity index is 502. The van der Waals surface area contributed by atoms with Crippen LogP contribution in [-0.4, -0.2) is 44.1 Å². The molecular formula is C18H30FIN4. The van der Waals surface area contributed by atoms with E-state index in [9.17, 15) is 4.39 Å². The Morgan fingerprint density at radius 2 is 1.96 bits per heavy atom. The van der Waals surface area contributed by atoms with E-state index in [1.54, 1.807) is 19.2 Å². The zero-order valence-electron chi connectivity index (χ0n) is 14.7. The maximum Gasteiger partial charge on any atom is 0.191 e. The Labute approximate surface area is 162 Å². The standard InChI is InChI=1S/C18H29FN4.HI/c1-3-23-12-9-15(10-13-23)8-11-21-18(20-2)22-14-16-6-4-5-7-17(16)19;/h4-7,15H,3,8-14H2,1-2H3,(H2,20,21,22);1H. The average molecular weight is 448 g/mol. The lowest BCUT2D eigenvalue weighted by atomic mass is 9.93. The van der Waals surface area contributed by atoms with Crippen molar-refractivity contribution in [3.05, 3.63) is 35.6 Å². The fourth-order valence-corrected chi connectivity index (χ4v) is 3.03. The summed E-state index contributed by atoms with van der Waals surface area (Å²) >= 11 is 0. The normalized spacial score (nSPS) is 16.5. The highest BCUT2D eigenvalue weighted by Crippen LogP contribution is 2.19. The van der Waals surface area contributed by atoms with E-state index in [1.165, 1.54) is 32.0 Å². The smallest absolute Gasteiger partial charge is 0.191 e. The number of likely N-dealkylation sites (tertiary alicyclic amines) is 1. The number of piperidine rings is 1. The van der Waals surface area contributed by atoms with Gasteiger partial charge >= 0.3 is 0 Å². The topological polar surface area (TPSA) is 39.7 Å². The van der Waals surface area contributed by atoms with Crippen molar-refractivity contribution in [2.24, 2.45) is 10.9 Å². The average Bonchev–Trinajstić information content (AvgIpc) is 2.59. The molecule has 24 heavy (non-hydrogen) atoms. The van der Waals surface area contributed by atoms with Gasteiger partial charge in [-0.25, -0.2) is 4.39 Å². The Morgan fingerprint density at radius 3 is 2.58 bits per heavy atom. The number of hydrogen-bond donors (Lipinski definition) is 2. The molecule has 0 bridgehead atoms. The predicted molar refractivity (Wildman–Crippen MR) is 109 cm³/mol. The molecule has 1 aliphatic heterocycles. The summed E-state index contributed by atoms with van der Waals surface area (Å²) in [5.74, 6) is 1.35. The van der Waals surface area contributed by atoms with Crippen LogP contribution in [-0.2, 0) is 6.54 Å². The van der Waals surface area contributed by atoms with Crippen molar-refractivity contribution in [1.29, 1.82) is 0 Å². The zero-order valence-corrected chi connectivity index (χ0v) is 17.1. The largest absolute Gasteiger partial charge is 0.356 e. The Morgan fingerprint density at radius 1 is 1.25 bits per heavy atom. The molecule has 6 heteroatoms. The Kier molecular flexibility index (Phi) is 10.2. The summed E-state index contributed by atoms with van der Waals surface area (Å²) in [4.78, 5) is 6.72. The van der Waals surface area contributed by atoms with Gasteiger partial charge in [-0.1, -0.05) is 25.1 Å². The Balaban J connectivity index is 0.00000288. The number of guanidine groups is 1. The van der Waals surface area contributed by atoms with E-state index in [2.05, 4.69) is 27.4 Å². The lowest BCUT2D eigenvalue weighted by Gasteiger charge is -2.31. The molecule has 0 aliphatic carbocycles. The molecule has 0 saturated carbocycles. The first-order chi connectivity index (χ1) is 11.2. The summed E-state index contributed by atoms with van der Waals surface area (Å²) < 4.78 is 13.6. The molecule has 0 atom stereocenters. The van der Waals surface area contributed by atoms with Gasteiger partial charge < -0.3 is 15.5 Å². The molecule has 1 heterocycles. The number of halogens is 2. The third-order valence-electron chi connectivity index (χ3n) is 4.63. The number of aliphatic imine (C=N–C) groups is 1. The predicted octanol–water partition coefficient (Wildman–Crippen LogP) is 3.23. The van der Waals surface area contributed by atoms with Crippen LogP contribution in [0.4, 0.5) is 4.39 Å². The summed E-state index contributed by atoms with van der Waals surface area (Å²) in [6.45, 7) is 7.20. The SMILES string of the molecule is CCN1CCC(CCNC(=NC)NCc2ccccc2F)CC1.I. The number of hydrogen-bond acceptors (Lipinski definition) is 2. The lowest BCUT2D eigenvalue weighted by Crippen LogP contribution is -2.39. The second-order valence-corrected chi connectivity index (χ2v) is 6.11. The monoisotopic (exact) mass is 448 g/mol. The van der Waals surface area contributed by atoms with E-state index < -0.39 is 0 Å². The maximum absolute atomic E-state index is 13.6. The van der Waals surface area contributed by atoms with Crippen LogP contribution in [0.25, 0.3) is 0 Å². The highest BCUT2D eigenvalue weighted by atomic mass is 127. The van der Waals surface area contributed by atoms with Gasteiger partial charge in [-0.3, -0.25) is 4.99 Å². The van der Waals surface area contributed by atoms with Crippen molar-refractivity contribution in [2.45, 2.75) is 32.7 Å². The number of nitrogens with zero attached hydrogens (tertiary/aromatic N) is 2. The van der Waals surface area contributed by atoms with E-state index in [-0.39, 0.29) is 29.8 Å². The zero-order chi connectivity index (χ0) is 16.5. The van der Waals surface area contributed by atoms with Crippen molar-refractivity contribution in [3.8, 4) is 0 Å². The molecule has 1 saturated heterocycles. The van der Waals surface area contributed by atoms with Crippen molar-refractivity contribution < 1.29 is 4.39 Å². The molecule has 1 fully saturated rings. The summed E-state index contributed by atoms with van der Waals surface area (Å²) in [5, 5.41) is 6.51. The minimum absolute atomic E-state index is 0. The molecule has 1 aliphatic rings. The number of benzene rings is 1. The van der Waals surface area contributed by atoms with Crippen LogP contribution in [0.1, 0.15) is 31.7 Å². The third-order valence-corrected chi connectivity index (χ3v) is 4.63. The molecule has 4 nitrogen and oxygen atoms in total. The van der Waals surface area contributed by atoms with Gasteiger partial charge in [0, 0.05) is 25.7 Å². The molecule has 0 spiro atoms. The number of rotatable bonds is 6. The molecule has 1 aromatic carbocycles. The lowest BCUT2D eigenvalue weighted by molar-refractivity contribution is 0.187. The van der Waals surface area contributed by atoms with Crippen molar-refractivity contribution >= 4 is 29.9 Å². The molecule has 1 aromatic rings. The first kappa shape index (κ1) is 21.2. The Hall–Kier alpha value is -0.890. The van der Waals surface area contributed by atoms with Crippen LogP contribution < -0.4 is 10.6 Å². The molecule has 0 radical (unpaired) electrons. The third kappa shape index (κ3) is 6.93. The molecule has 0 unspecified atom stereocenters. The van der Waals surface area contributed by atoms with Crippen LogP contribution in [0.5, 0.6) is 0 Å². The summed E-state index contributed by atoms with van der Waals surface area (Å²) in [5.41, 5.74) is 0.655. The summed E-state index contributed by atoms with van der Waals surface area (Å²) in [6, 6.07) is 6.82. The highest BCUT2D eigenvalue weighted by molar-refractivity contribution is 14.0. The first-order valence-electron chi connectivity index (χ1n) is 8.63. The van der Waals surface area contributed by atoms with Gasteiger partial charge in [-0.15, -0.1) is 24.0 Å². The van der Waals surface area contributed by atoms with Gasteiger partial charge in [0.2, 0.25) is 0 Å². The van der Waals surface area contributed by atoms with Gasteiger partial charge in [0.15, 0.2) is 5.96 Å². The van der Waals surface area contributed by atoms with E-state index in [4.69, 9.17) is 0 Å². The van der Waals surface area contributed by atoms with Gasteiger partial charge in [-0.2, -0.15) is 0 Å². The second-order valence-electron chi connectivity index (χ2n) is 6.11. The molecule has 0 aromatic heterocycles. The minimum Gasteiger partial charge on any atom is -0.356 e. The van der Waals surface area contributed by atoms with E-state index >= 15 is 0 Å². The second kappa shape index (κ2) is 11.6. The molecular weight excluding hydrogens is 418 g/mol. The summed E-state index contributed by atoms with van der Waals surface area (Å²) in [6.07, 6.45) is 3.74. The number of nitrogens with one attached hydrogen (secondary N) is 2. The van der Waals surface area contributed by atoms with Crippen LogP contribution in [0.15, 0.2) is 29.3 Å². The quantitative estimate of drug-likeness (QED) is 0.399. The molecule has 2 N–H and O–H groups in total. The van der Waals surface area contributed by atoms with Crippen LogP contribution in [0.2, 0.25) is 0 Å². The fraction of sp³-hybridized carbons (Fsp3) is 0.611. The molecule has 2 rings (SSSR count). The highest BCUT2D eigenvalue weighted by Gasteiger charge is 2.17. The van der Waals surface area contributed by atoms with Gasteiger partial charge in [0.05, 0.1) is 0 Å². The van der Waals surface area contributed by atoms with Gasteiger partial charge in [-0.05, 0) is 50.9 Å². The van der Waals surface area contributed by atoms with Crippen molar-refractivity contribution in [3.63, 3.8) is 0 Å². The molecule has 136 valence electrons. The van der Waals surface area contributed by atoms with E-state index in [1.807, 2.05) is 6.07 Å². The van der Waals surface area contributed by atoms with E-state index in [0.29, 0.717) is 12.1 Å². The van der Waals surface area contributed by atoms with Gasteiger partial charge in [0.1, 0.15) is 5.82 Å². The van der Waals surface area contributed by atoms with Crippen molar-refractivity contribution in [1.82, 2.24) is 15.5 Å². The van der Waals surface area contributed by atoms with Crippen LogP contribution in [0, 0.1) is 11.7 Å². The molecule has 0 amide bonds. The van der Waals surface area contributed by atoms with Crippen LogP contribution in [0.3, 0.4) is 0 Å².